The number of rotatable bonds is 10. The fourth-order valence-electron chi connectivity index (χ4n) is 19.5. The molecule has 9 aromatic heterocycles. The molecular weight excluding hydrogens is 1510 g/mol. The maximum absolute atomic E-state index is 4.87. The summed E-state index contributed by atoms with van der Waals surface area (Å²) in [5, 5.41) is 15.9. The lowest BCUT2D eigenvalue weighted by atomic mass is 9.98. The van der Waals surface area contributed by atoms with E-state index in [-0.39, 0.29) is 0 Å². The van der Waals surface area contributed by atoms with Crippen molar-refractivity contribution in [3.05, 3.63) is 455 Å². The molecule has 0 N–H and O–H groups in total. The second kappa shape index (κ2) is 29.6. The van der Waals surface area contributed by atoms with E-state index in [0.29, 0.717) is 0 Å². The normalized spacial score (nSPS) is 11.7. The van der Waals surface area contributed by atoms with Crippen LogP contribution < -0.4 is 0 Å². The molecule has 9 nitrogen and oxygen atoms in total. The molecule has 17 aromatic carbocycles. The van der Waals surface area contributed by atoms with Gasteiger partial charge in [0.05, 0.1) is 60.7 Å². The molecule has 580 valence electrons. The maximum Gasteiger partial charge on any atom is 0.145 e. The molecule has 0 aliphatic rings. The Hall–Kier alpha value is -16.8. The van der Waals surface area contributed by atoms with Crippen LogP contribution in [0.1, 0.15) is 0 Å². The molecule has 26 aromatic rings. The van der Waals surface area contributed by atoms with Gasteiger partial charge in [0, 0.05) is 112 Å². The van der Waals surface area contributed by atoms with Crippen LogP contribution in [0.4, 0.5) is 0 Å². The molecule has 0 atom stereocenters. The first-order valence-electron chi connectivity index (χ1n) is 42.2. The highest BCUT2D eigenvalue weighted by atomic mass is 15.1. The topological polar surface area (TPSA) is 68.2 Å². The Morgan fingerprint density at radius 2 is 0.484 bits per heavy atom. The Balaban J connectivity index is 0.000000105. The van der Waals surface area contributed by atoms with Crippen LogP contribution in [0.3, 0.4) is 0 Å². The third kappa shape index (κ3) is 11.7. The van der Waals surface area contributed by atoms with Crippen LogP contribution in [-0.2, 0) is 0 Å². The molecule has 0 aliphatic heterocycles. The van der Waals surface area contributed by atoms with Crippen LogP contribution in [0, 0.1) is 0 Å². The molecule has 0 bridgehead atoms. The largest absolute Gasteiger partial charge is 0.309 e. The molecule has 0 unspecified atom stereocenters. The lowest BCUT2D eigenvalue weighted by Gasteiger charge is -2.11. The summed E-state index contributed by atoms with van der Waals surface area (Å²) in [5.41, 5.74) is 31.3. The van der Waals surface area contributed by atoms with Crippen LogP contribution in [0.15, 0.2) is 455 Å². The van der Waals surface area contributed by atoms with E-state index in [1.807, 2.05) is 36.8 Å². The first-order valence-corrected chi connectivity index (χ1v) is 42.2. The average Bonchev–Trinajstić information content (AvgIpc) is 1.58. The zero-order chi connectivity index (χ0) is 81.7. The van der Waals surface area contributed by atoms with Gasteiger partial charge in [-0.1, -0.05) is 255 Å². The van der Waals surface area contributed by atoms with Gasteiger partial charge in [-0.15, -0.1) is 0 Å². The molecule has 9 heterocycles. The molecule has 0 saturated carbocycles. The van der Waals surface area contributed by atoms with E-state index in [9.17, 15) is 0 Å². The zero-order valence-electron chi connectivity index (χ0n) is 67.3. The quantitative estimate of drug-likeness (QED) is 0.137. The molecule has 0 spiro atoms. The first-order chi connectivity index (χ1) is 61.6. The molecule has 0 amide bonds. The highest BCUT2D eigenvalue weighted by molar-refractivity contribution is 6.21. The summed E-state index contributed by atoms with van der Waals surface area (Å²) in [5.74, 6) is 0. The van der Waals surface area contributed by atoms with E-state index in [1.54, 1.807) is 0 Å². The number of hydrogen-bond acceptors (Lipinski definition) is 3. The average molecular weight is 1580 g/mol. The van der Waals surface area contributed by atoms with E-state index in [2.05, 4.69) is 446 Å². The zero-order valence-corrected chi connectivity index (χ0v) is 67.3. The molecule has 0 fully saturated rings. The number of pyridine rings is 3. The predicted octanol–water partition coefficient (Wildman–Crippen LogP) is 29.6. The van der Waals surface area contributed by atoms with Crippen molar-refractivity contribution in [2.45, 2.75) is 0 Å². The third-order valence-corrected chi connectivity index (χ3v) is 24.9. The van der Waals surface area contributed by atoms with Gasteiger partial charge in [0.15, 0.2) is 0 Å². The minimum absolute atomic E-state index is 0.964. The van der Waals surface area contributed by atoms with E-state index in [0.717, 1.165) is 72.1 Å². The van der Waals surface area contributed by atoms with E-state index in [1.165, 1.54) is 149 Å². The lowest BCUT2D eigenvalue weighted by molar-refractivity contribution is 1.14. The van der Waals surface area contributed by atoms with Crippen LogP contribution in [0.2, 0.25) is 0 Å². The summed E-state index contributed by atoms with van der Waals surface area (Å²) >= 11 is 0. The van der Waals surface area contributed by atoms with Crippen molar-refractivity contribution in [1.82, 2.24) is 42.4 Å². The minimum Gasteiger partial charge on any atom is -0.309 e. The van der Waals surface area contributed by atoms with Crippen molar-refractivity contribution in [3.63, 3.8) is 0 Å². The van der Waals surface area contributed by atoms with Gasteiger partial charge in [-0.3, -0.25) is 14.1 Å². The van der Waals surface area contributed by atoms with Crippen molar-refractivity contribution < 1.29 is 0 Å². The number of benzene rings is 17. The van der Waals surface area contributed by atoms with Gasteiger partial charge in [0.2, 0.25) is 0 Å². The molecule has 0 aliphatic carbocycles. The number of hydrogen-bond donors (Lipinski definition) is 0. The lowest BCUT2D eigenvalue weighted by Crippen LogP contribution is -1.95. The first kappa shape index (κ1) is 71.4. The van der Waals surface area contributed by atoms with E-state index in [4.69, 9.17) is 15.0 Å². The smallest absolute Gasteiger partial charge is 0.145 e. The van der Waals surface area contributed by atoms with Gasteiger partial charge in [-0.2, -0.15) is 0 Å². The van der Waals surface area contributed by atoms with Crippen molar-refractivity contribution in [2.24, 2.45) is 0 Å². The second-order valence-electron chi connectivity index (χ2n) is 31.8. The fourth-order valence-corrected chi connectivity index (χ4v) is 19.5. The van der Waals surface area contributed by atoms with Crippen LogP contribution in [0.5, 0.6) is 0 Å². The summed E-state index contributed by atoms with van der Waals surface area (Å²) in [6.45, 7) is 0. The second-order valence-corrected chi connectivity index (χ2v) is 31.8. The molecule has 26 rings (SSSR count). The van der Waals surface area contributed by atoms with Gasteiger partial charge in [0.1, 0.15) is 11.3 Å². The summed E-state index contributed by atoms with van der Waals surface area (Å²) in [7, 11) is 0. The molecule has 0 radical (unpaired) electrons. The number of nitrogens with zero attached hydrogens (tertiary/aromatic N) is 9. The molecule has 0 saturated heterocycles. The summed E-state index contributed by atoms with van der Waals surface area (Å²) in [6.07, 6.45) is 5.64. The minimum atomic E-state index is 0.964. The van der Waals surface area contributed by atoms with Crippen molar-refractivity contribution >= 4 is 142 Å². The van der Waals surface area contributed by atoms with Crippen LogP contribution >= 0.6 is 0 Å². The van der Waals surface area contributed by atoms with Gasteiger partial charge in [-0.25, -0.2) is 9.97 Å². The standard InChI is InChI=1S/C41H27N3.C39H25N3.C35H23N3/c1-3-11-28(12-4-1)29-20-23-32(24-21-29)44-38-25-22-30(27-36(38)34-17-10-26-42-41(34)44)33-16-9-19-39-40(33)35-15-7-8-18-37(35)43(39)31-13-5-2-6-14-31;1-2-12-29(13-3-1)41-36-18-9-23-40-39(36)33-22-20-28(25-37(33)41)31-15-8-17-35-38(31)32-14-6-7-16-34(32)42(35)30-21-19-26-10-4-5-11-27(26)24-30;1-3-11-25(12-4-1)37-31-18-8-7-15-29(31)34-27(16-9-19-33(34)37)24-20-21-32-30(23-24)28-17-10-22-36-35(28)38(32)26-13-5-2-6-14-26/h1-27H;1-25H;1-23H. The molecule has 124 heavy (non-hydrogen) atoms. The van der Waals surface area contributed by atoms with Crippen molar-refractivity contribution in [2.75, 3.05) is 0 Å². The SMILES string of the molecule is c1ccc(-c2ccc(-n3c4ccc(-c5cccc6c5c5ccccc5n6-c5ccccc5)cc4c4cccnc43)cc2)cc1.c1ccc(-n2c3cc(-c4cccc5c4c4ccccc4n5-c4ccc5ccccc5c4)ccc3c3ncccc32)cc1.c1ccc(-n2c3ccccc3c3c(-c4ccc5c(c4)c4cccnc4n5-c4ccccc4)cccc32)cc1. The van der Waals surface area contributed by atoms with Crippen LogP contribution in [0.25, 0.3) is 221 Å². The van der Waals surface area contributed by atoms with Crippen molar-refractivity contribution in [3.8, 4) is 78.6 Å². The highest BCUT2D eigenvalue weighted by Gasteiger charge is 2.24. The number of aromatic nitrogens is 9. The maximum atomic E-state index is 4.87. The highest BCUT2D eigenvalue weighted by Crippen LogP contribution is 2.46. The monoisotopic (exact) mass is 1580 g/mol. The summed E-state index contributed by atoms with van der Waals surface area (Å²) < 4.78 is 14.0. The van der Waals surface area contributed by atoms with Gasteiger partial charge in [-0.05, 0) is 237 Å². The Bertz CT molecular complexity index is 8650. The summed E-state index contributed by atoms with van der Waals surface area (Å²) in [6, 6.07) is 156. The Morgan fingerprint density at radius 3 is 0.976 bits per heavy atom. The number of fused-ring (bicyclic) bond motifs is 19. The van der Waals surface area contributed by atoms with Crippen LogP contribution in [-0.4, -0.2) is 42.4 Å². The van der Waals surface area contributed by atoms with E-state index < -0.39 is 0 Å². The van der Waals surface area contributed by atoms with Gasteiger partial charge >= 0.3 is 0 Å². The van der Waals surface area contributed by atoms with Crippen molar-refractivity contribution in [1.29, 1.82) is 0 Å². The molecule has 9 heteroatoms. The van der Waals surface area contributed by atoms with E-state index >= 15 is 0 Å². The molecular formula is C115H75N9. The van der Waals surface area contributed by atoms with Gasteiger partial charge in [0.25, 0.3) is 0 Å². The Morgan fingerprint density at radius 1 is 0.153 bits per heavy atom. The third-order valence-electron chi connectivity index (χ3n) is 24.9. The Labute approximate surface area is 713 Å². The Kier molecular flexibility index (Phi) is 17.1. The van der Waals surface area contributed by atoms with Gasteiger partial charge < -0.3 is 18.3 Å². The fraction of sp³-hybridized carbons (Fsp3) is 0. The number of para-hydroxylation sites is 7. The predicted molar refractivity (Wildman–Crippen MR) is 518 cm³/mol. The summed E-state index contributed by atoms with van der Waals surface area (Å²) in [4.78, 5) is 14.4.